The number of aryl methyl sites for hydroxylation is 1. The van der Waals surface area contributed by atoms with Crippen LogP contribution in [-0.4, -0.2) is 24.7 Å². The van der Waals surface area contributed by atoms with Crippen molar-refractivity contribution in [3.63, 3.8) is 0 Å². The van der Waals surface area contributed by atoms with Crippen LogP contribution < -0.4 is 5.73 Å². The molecule has 1 aromatic heterocycles. The largest absolute Gasteiger partial charge is 0.379 e. The van der Waals surface area contributed by atoms with E-state index in [-0.39, 0.29) is 5.41 Å². The molecule has 0 bridgehead atoms. The number of rotatable bonds is 2. The first-order chi connectivity index (χ1) is 7.75. The highest BCUT2D eigenvalue weighted by atomic mass is 16.5. The van der Waals surface area contributed by atoms with Crippen LogP contribution in [0.2, 0.25) is 0 Å². The number of hydrogen-bond acceptors (Lipinski definition) is 2. The molecule has 1 fully saturated rings. The van der Waals surface area contributed by atoms with Crippen molar-refractivity contribution in [1.29, 1.82) is 0 Å². The minimum atomic E-state index is 0.0535. The van der Waals surface area contributed by atoms with Gasteiger partial charge in [0.1, 0.15) is 0 Å². The summed E-state index contributed by atoms with van der Waals surface area (Å²) < 4.78 is 5.32. The smallest absolute Gasteiger partial charge is 0.0597 e. The molecular weight excluding hydrogens is 200 g/mol. The Morgan fingerprint density at radius 2 is 2.25 bits per heavy atom. The van der Waals surface area contributed by atoms with E-state index in [0.717, 1.165) is 13.2 Å². The van der Waals surface area contributed by atoms with Crippen LogP contribution in [0.3, 0.4) is 0 Å². The minimum Gasteiger partial charge on any atom is -0.379 e. The molecule has 3 nitrogen and oxygen atoms in total. The zero-order valence-corrected chi connectivity index (χ0v) is 9.42. The molecule has 1 saturated heterocycles. The molecule has 0 amide bonds. The SMILES string of the molecule is Cc1c[nH]c2ccc(C3(CN)COC3)cc12. The van der Waals surface area contributed by atoms with Gasteiger partial charge >= 0.3 is 0 Å². The first-order valence-corrected chi connectivity index (χ1v) is 5.61. The summed E-state index contributed by atoms with van der Waals surface area (Å²) in [4.78, 5) is 3.26. The Morgan fingerprint density at radius 3 is 2.88 bits per heavy atom. The molecule has 0 saturated carbocycles. The molecule has 1 aromatic carbocycles. The lowest BCUT2D eigenvalue weighted by atomic mass is 9.78. The van der Waals surface area contributed by atoms with Crippen LogP contribution in [0.1, 0.15) is 11.1 Å². The Morgan fingerprint density at radius 1 is 1.44 bits per heavy atom. The first kappa shape index (κ1) is 9.87. The van der Waals surface area contributed by atoms with E-state index in [9.17, 15) is 0 Å². The van der Waals surface area contributed by atoms with Crippen molar-refractivity contribution in [3.05, 3.63) is 35.5 Å². The van der Waals surface area contributed by atoms with Crippen molar-refractivity contribution in [1.82, 2.24) is 4.98 Å². The second kappa shape index (κ2) is 3.34. The third kappa shape index (κ3) is 1.22. The summed E-state index contributed by atoms with van der Waals surface area (Å²) in [5, 5.41) is 1.29. The molecule has 0 atom stereocenters. The van der Waals surface area contributed by atoms with Gasteiger partial charge in [-0.15, -0.1) is 0 Å². The van der Waals surface area contributed by atoms with E-state index in [1.807, 2.05) is 6.20 Å². The summed E-state index contributed by atoms with van der Waals surface area (Å²) in [5.74, 6) is 0. The van der Waals surface area contributed by atoms with Crippen LogP contribution >= 0.6 is 0 Å². The fourth-order valence-electron chi connectivity index (χ4n) is 2.34. The molecule has 3 heteroatoms. The van der Waals surface area contributed by atoms with Gasteiger partial charge in [0.15, 0.2) is 0 Å². The minimum absolute atomic E-state index is 0.0535. The van der Waals surface area contributed by atoms with Crippen molar-refractivity contribution < 1.29 is 4.74 Å². The van der Waals surface area contributed by atoms with Gasteiger partial charge in [-0.2, -0.15) is 0 Å². The van der Waals surface area contributed by atoms with Gasteiger partial charge in [-0.25, -0.2) is 0 Å². The highest BCUT2D eigenvalue weighted by molar-refractivity contribution is 5.83. The van der Waals surface area contributed by atoms with E-state index in [1.165, 1.54) is 22.0 Å². The lowest BCUT2D eigenvalue weighted by molar-refractivity contribution is -0.0549. The fraction of sp³-hybridized carbons (Fsp3) is 0.385. The molecule has 1 aliphatic heterocycles. The molecular formula is C13H16N2O. The van der Waals surface area contributed by atoms with Crippen LogP contribution in [0.25, 0.3) is 10.9 Å². The van der Waals surface area contributed by atoms with Crippen molar-refractivity contribution in [3.8, 4) is 0 Å². The lowest BCUT2D eigenvalue weighted by Crippen LogP contribution is -2.52. The van der Waals surface area contributed by atoms with Gasteiger partial charge < -0.3 is 15.5 Å². The fourth-order valence-corrected chi connectivity index (χ4v) is 2.34. The zero-order valence-electron chi connectivity index (χ0n) is 9.42. The lowest BCUT2D eigenvalue weighted by Gasteiger charge is -2.41. The number of hydrogen-bond donors (Lipinski definition) is 2. The van der Waals surface area contributed by atoms with E-state index in [4.69, 9.17) is 10.5 Å². The quantitative estimate of drug-likeness (QED) is 0.802. The predicted molar refractivity (Wildman–Crippen MR) is 64.6 cm³/mol. The van der Waals surface area contributed by atoms with Gasteiger partial charge in [0, 0.05) is 23.6 Å². The van der Waals surface area contributed by atoms with E-state index in [0.29, 0.717) is 6.54 Å². The standard InChI is InChI=1S/C13H16N2O/c1-9-5-15-12-3-2-10(4-11(9)12)13(6-14)7-16-8-13/h2-5,15H,6-8,14H2,1H3. The molecule has 0 unspecified atom stereocenters. The maximum Gasteiger partial charge on any atom is 0.0597 e. The van der Waals surface area contributed by atoms with E-state index >= 15 is 0 Å². The number of H-pyrrole nitrogens is 1. The first-order valence-electron chi connectivity index (χ1n) is 5.61. The number of fused-ring (bicyclic) bond motifs is 1. The second-order valence-electron chi connectivity index (χ2n) is 4.71. The Labute approximate surface area is 94.6 Å². The average molecular weight is 216 g/mol. The maximum atomic E-state index is 5.87. The highest BCUT2D eigenvalue weighted by Crippen LogP contribution is 2.33. The normalized spacial score (nSPS) is 18.6. The number of nitrogens with one attached hydrogen (secondary N) is 1. The zero-order chi connectivity index (χ0) is 11.2. The summed E-state index contributed by atoms with van der Waals surface area (Å²) in [6.07, 6.45) is 2.04. The molecule has 2 heterocycles. The molecule has 84 valence electrons. The topological polar surface area (TPSA) is 51.0 Å². The van der Waals surface area contributed by atoms with Crippen molar-refractivity contribution in [2.24, 2.45) is 5.73 Å². The van der Waals surface area contributed by atoms with Gasteiger partial charge in [0.05, 0.1) is 18.6 Å². The third-order valence-electron chi connectivity index (χ3n) is 3.65. The number of benzene rings is 1. The molecule has 0 radical (unpaired) electrons. The summed E-state index contributed by atoms with van der Waals surface area (Å²) in [6, 6.07) is 6.54. The van der Waals surface area contributed by atoms with Crippen LogP contribution in [-0.2, 0) is 10.2 Å². The van der Waals surface area contributed by atoms with Gasteiger partial charge in [0.25, 0.3) is 0 Å². The van der Waals surface area contributed by atoms with Gasteiger partial charge in [-0.05, 0) is 30.2 Å². The average Bonchev–Trinajstić information content (AvgIpc) is 2.60. The van der Waals surface area contributed by atoms with Crippen LogP contribution in [0.5, 0.6) is 0 Å². The summed E-state index contributed by atoms with van der Waals surface area (Å²) in [6.45, 7) is 4.27. The highest BCUT2D eigenvalue weighted by Gasteiger charge is 2.39. The maximum absolute atomic E-state index is 5.87. The van der Waals surface area contributed by atoms with Gasteiger partial charge in [-0.3, -0.25) is 0 Å². The van der Waals surface area contributed by atoms with Crippen molar-refractivity contribution >= 4 is 10.9 Å². The summed E-state index contributed by atoms with van der Waals surface area (Å²) >= 11 is 0. The Hall–Kier alpha value is -1.32. The number of aromatic amines is 1. The molecule has 1 aliphatic rings. The molecule has 3 N–H and O–H groups in total. The summed E-state index contributed by atoms with van der Waals surface area (Å²) in [5.41, 5.74) is 9.70. The van der Waals surface area contributed by atoms with E-state index in [1.54, 1.807) is 0 Å². The predicted octanol–water partition coefficient (Wildman–Crippen LogP) is 1.70. The molecule has 0 aliphatic carbocycles. The van der Waals surface area contributed by atoms with Crippen molar-refractivity contribution in [2.75, 3.05) is 19.8 Å². The van der Waals surface area contributed by atoms with E-state index in [2.05, 4.69) is 30.1 Å². The van der Waals surface area contributed by atoms with Gasteiger partial charge in [-0.1, -0.05) is 6.07 Å². The monoisotopic (exact) mass is 216 g/mol. The van der Waals surface area contributed by atoms with Crippen LogP contribution in [0, 0.1) is 6.92 Å². The molecule has 2 aromatic rings. The summed E-state index contributed by atoms with van der Waals surface area (Å²) in [7, 11) is 0. The molecule has 0 spiro atoms. The van der Waals surface area contributed by atoms with E-state index < -0.39 is 0 Å². The third-order valence-corrected chi connectivity index (χ3v) is 3.65. The Kier molecular flexibility index (Phi) is 2.06. The van der Waals surface area contributed by atoms with Gasteiger partial charge in [0.2, 0.25) is 0 Å². The van der Waals surface area contributed by atoms with Crippen LogP contribution in [0.15, 0.2) is 24.4 Å². The number of ether oxygens (including phenoxy) is 1. The Balaban J connectivity index is 2.13. The number of aromatic nitrogens is 1. The number of nitrogens with two attached hydrogens (primary N) is 1. The molecule has 3 rings (SSSR count). The Bertz CT molecular complexity index is 520. The molecule has 16 heavy (non-hydrogen) atoms. The second-order valence-corrected chi connectivity index (χ2v) is 4.71. The van der Waals surface area contributed by atoms with Crippen LogP contribution in [0.4, 0.5) is 0 Å². The van der Waals surface area contributed by atoms with Crippen molar-refractivity contribution in [2.45, 2.75) is 12.3 Å².